The summed E-state index contributed by atoms with van der Waals surface area (Å²) in [4.78, 5) is 24.4. The number of pyridine rings is 2. The molecule has 0 spiro atoms. The molecule has 0 aliphatic carbocycles. The monoisotopic (exact) mass is 569 g/mol. The van der Waals surface area contributed by atoms with Crippen LogP contribution in [-0.4, -0.2) is 41.1 Å². The lowest BCUT2D eigenvalue weighted by molar-refractivity contribution is -0.145. The third-order valence-electron chi connectivity index (χ3n) is 6.48. The van der Waals surface area contributed by atoms with Crippen molar-refractivity contribution in [2.45, 2.75) is 19.5 Å². The number of esters is 1. The van der Waals surface area contributed by atoms with Gasteiger partial charge in [0.2, 0.25) is 5.88 Å². The van der Waals surface area contributed by atoms with Crippen LogP contribution in [0.15, 0.2) is 95.6 Å². The molecule has 1 atom stereocenters. The summed E-state index contributed by atoms with van der Waals surface area (Å²) in [5.74, 6) is 0.226. The summed E-state index contributed by atoms with van der Waals surface area (Å²) < 4.78 is 12.2. The van der Waals surface area contributed by atoms with Crippen LogP contribution in [0.25, 0.3) is 21.8 Å². The number of carbonyl (C=O) groups excluding carboxylic acids is 1. The summed E-state index contributed by atoms with van der Waals surface area (Å²) in [6.45, 7) is 2.71. The van der Waals surface area contributed by atoms with Gasteiger partial charge in [0.15, 0.2) is 0 Å². The first-order chi connectivity index (χ1) is 18.6. The molecule has 3 aromatic carbocycles. The van der Waals surface area contributed by atoms with Gasteiger partial charge in [-0.1, -0.05) is 64.5 Å². The lowest BCUT2D eigenvalue weighted by Crippen LogP contribution is -2.35. The van der Waals surface area contributed by atoms with Gasteiger partial charge in [-0.25, -0.2) is 4.98 Å². The zero-order valence-electron chi connectivity index (χ0n) is 21.3. The Kier molecular flexibility index (Phi) is 7.96. The number of hydrogen-bond acceptors (Lipinski definition) is 6. The Labute approximate surface area is 230 Å². The SMILES string of the molecule is CCOC(=O)CN(Cc1cccc2ncccc12)C(c1ccccc1)c1cc2cc(Br)ccc2nc1OC. The van der Waals surface area contributed by atoms with E-state index in [4.69, 9.17) is 14.5 Å². The van der Waals surface area contributed by atoms with Crippen molar-refractivity contribution in [3.05, 3.63) is 112 Å². The van der Waals surface area contributed by atoms with Gasteiger partial charge in [0.05, 0.1) is 37.3 Å². The second-order valence-electron chi connectivity index (χ2n) is 8.93. The lowest BCUT2D eigenvalue weighted by Gasteiger charge is -2.33. The fraction of sp³-hybridized carbons (Fsp3) is 0.194. The molecule has 2 aromatic heterocycles. The third-order valence-corrected chi connectivity index (χ3v) is 6.98. The molecule has 0 bridgehead atoms. The van der Waals surface area contributed by atoms with E-state index in [-0.39, 0.29) is 18.6 Å². The minimum atomic E-state index is -0.335. The molecule has 38 heavy (non-hydrogen) atoms. The number of rotatable bonds is 9. The highest BCUT2D eigenvalue weighted by Crippen LogP contribution is 2.37. The van der Waals surface area contributed by atoms with Crippen molar-refractivity contribution in [1.82, 2.24) is 14.9 Å². The molecule has 0 aliphatic heterocycles. The molecule has 5 aromatic rings. The van der Waals surface area contributed by atoms with Crippen molar-refractivity contribution >= 4 is 43.7 Å². The molecule has 0 saturated heterocycles. The number of methoxy groups -OCH3 is 1. The number of hydrogen-bond donors (Lipinski definition) is 0. The van der Waals surface area contributed by atoms with E-state index in [1.807, 2.05) is 61.5 Å². The summed E-state index contributed by atoms with van der Waals surface area (Å²) in [6, 6.07) is 27.9. The van der Waals surface area contributed by atoms with Gasteiger partial charge in [-0.15, -0.1) is 0 Å². The fourth-order valence-corrected chi connectivity index (χ4v) is 5.24. The molecular formula is C31H28BrN3O3. The summed E-state index contributed by atoms with van der Waals surface area (Å²) >= 11 is 3.58. The number of aromatic nitrogens is 2. The minimum Gasteiger partial charge on any atom is -0.481 e. The van der Waals surface area contributed by atoms with E-state index in [2.05, 4.69) is 56.1 Å². The molecule has 0 N–H and O–H groups in total. The van der Waals surface area contributed by atoms with Crippen molar-refractivity contribution in [1.29, 1.82) is 0 Å². The van der Waals surface area contributed by atoms with Crippen molar-refractivity contribution in [3.63, 3.8) is 0 Å². The Morgan fingerprint density at radius 1 is 0.974 bits per heavy atom. The Bertz CT molecular complexity index is 1570. The Balaban J connectivity index is 1.70. The molecule has 0 aliphatic rings. The van der Waals surface area contributed by atoms with Gasteiger partial charge < -0.3 is 9.47 Å². The van der Waals surface area contributed by atoms with E-state index >= 15 is 0 Å². The average molecular weight is 570 g/mol. The highest BCUT2D eigenvalue weighted by Gasteiger charge is 2.29. The molecule has 0 radical (unpaired) electrons. The fourth-order valence-electron chi connectivity index (χ4n) is 4.86. The zero-order chi connectivity index (χ0) is 26.5. The maximum absolute atomic E-state index is 13.0. The minimum absolute atomic E-state index is 0.0870. The van der Waals surface area contributed by atoms with Crippen molar-refractivity contribution < 1.29 is 14.3 Å². The van der Waals surface area contributed by atoms with Gasteiger partial charge in [0, 0.05) is 33.6 Å². The first-order valence-corrected chi connectivity index (χ1v) is 13.3. The molecule has 0 amide bonds. The number of benzene rings is 3. The molecule has 5 rings (SSSR count). The maximum atomic E-state index is 13.0. The molecular weight excluding hydrogens is 542 g/mol. The van der Waals surface area contributed by atoms with E-state index in [1.54, 1.807) is 13.3 Å². The van der Waals surface area contributed by atoms with Gasteiger partial charge in [-0.05, 0) is 54.4 Å². The smallest absolute Gasteiger partial charge is 0.320 e. The molecule has 6 nitrogen and oxygen atoms in total. The van der Waals surface area contributed by atoms with Gasteiger partial charge in [-0.2, -0.15) is 0 Å². The number of ether oxygens (including phenoxy) is 2. The first-order valence-electron chi connectivity index (χ1n) is 12.5. The van der Waals surface area contributed by atoms with Crippen molar-refractivity contribution in [3.8, 4) is 5.88 Å². The second-order valence-corrected chi connectivity index (χ2v) is 9.85. The van der Waals surface area contributed by atoms with Crippen LogP contribution in [-0.2, 0) is 16.1 Å². The summed E-state index contributed by atoms with van der Waals surface area (Å²) in [7, 11) is 1.63. The quantitative estimate of drug-likeness (QED) is 0.184. The number of fused-ring (bicyclic) bond motifs is 2. The highest BCUT2D eigenvalue weighted by molar-refractivity contribution is 9.10. The van der Waals surface area contributed by atoms with Gasteiger partial charge in [0.1, 0.15) is 0 Å². The Morgan fingerprint density at radius 3 is 2.61 bits per heavy atom. The average Bonchev–Trinajstić information content (AvgIpc) is 2.93. The van der Waals surface area contributed by atoms with Crippen LogP contribution in [0, 0.1) is 0 Å². The normalized spacial score (nSPS) is 12.1. The molecule has 0 saturated carbocycles. The lowest BCUT2D eigenvalue weighted by atomic mass is 9.95. The summed E-state index contributed by atoms with van der Waals surface area (Å²) in [6.07, 6.45) is 1.79. The van der Waals surface area contributed by atoms with Crippen LogP contribution in [0.2, 0.25) is 0 Å². The standard InChI is InChI=1S/C31H28BrN3O3/c1-3-38-29(36)20-35(19-22-11-7-13-28-25(22)12-8-16-33-28)30(21-9-5-4-6-10-21)26-18-23-17-24(32)14-15-27(23)34-31(26)37-2/h4-18,30H,3,19-20H2,1-2H3. The third kappa shape index (κ3) is 5.54. The summed E-state index contributed by atoms with van der Waals surface area (Å²) in [5, 5.41) is 2.02. The van der Waals surface area contributed by atoms with E-state index in [9.17, 15) is 4.79 Å². The van der Waals surface area contributed by atoms with Crippen LogP contribution >= 0.6 is 15.9 Å². The Hall–Kier alpha value is -3.81. The zero-order valence-corrected chi connectivity index (χ0v) is 22.9. The van der Waals surface area contributed by atoms with Gasteiger partial charge in [-0.3, -0.25) is 14.7 Å². The van der Waals surface area contributed by atoms with E-state index < -0.39 is 0 Å². The summed E-state index contributed by atoms with van der Waals surface area (Å²) in [5.41, 5.74) is 4.69. The maximum Gasteiger partial charge on any atom is 0.320 e. The predicted octanol–water partition coefficient (Wildman–Crippen LogP) is 6.71. The molecule has 1 unspecified atom stereocenters. The predicted molar refractivity (Wildman–Crippen MR) is 153 cm³/mol. The van der Waals surface area contributed by atoms with Crippen LogP contribution in [0.4, 0.5) is 0 Å². The van der Waals surface area contributed by atoms with E-state index in [1.165, 1.54) is 0 Å². The topological polar surface area (TPSA) is 64.5 Å². The van der Waals surface area contributed by atoms with Crippen molar-refractivity contribution in [2.24, 2.45) is 0 Å². The van der Waals surface area contributed by atoms with Gasteiger partial charge in [0.25, 0.3) is 0 Å². The first kappa shape index (κ1) is 25.8. The van der Waals surface area contributed by atoms with E-state index in [0.29, 0.717) is 19.0 Å². The largest absolute Gasteiger partial charge is 0.481 e. The van der Waals surface area contributed by atoms with Gasteiger partial charge >= 0.3 is 5.97 Å². The number of carbonyl (C=O) groups is 1. The molecule has 0 fully saturated rings. The van der Waals surface area contributed by atoms with Crippen LogP contribution < -0.4 is 4.74 Å². The highest BCUT2D eigenvalue weighted by atomic mass is 79.9. The number of nitrogens with zero attached hydrogens (tertiary/aromatic N) is 3. The second kappa shape index (κ2) is 11.7. The molecule has 192 valence electrons. The van der Waals surface area contributed by atoms with Crippen LogP contribution in [0.5, 0.6) is 5.88 Å². The van der Waals surface area contributed by atoms with Crippen molar-refractivity contribution in [2.75, 3.05) is 20.3 Å². The Morgan fingerprint density at radius 2 is 1.82 bits per heavy atom. The molecule has 2 heterocycles. The number of halogens is 1. The van der Waals surface area contributed by atoms with Crippen LogP contribution in [0.3, 0.4) is 0 Å². The van der Waals surface area contributed by atoms with E-state index in [0.717, 1.165) is 43.0 Å². The van der Waals surface area contributed by atoms with Crippen LogP contribution in [0.1, 0.15) is 29.7 Å². The molecule has 7 heteroatoms.